The van der Waals surface area contributed by atoms with Crippen LogP contribution in [-0.2, 0) is 12.8 Å². The van der Waals surface area contributed by atoms with E-state index in [2.05, 4.69) is 4.98 Å². The first-order chi connectivity index (χ1) is 8.63. The summed E-state index contributed by atoms with van der Waals surface area (Å²) in [5.41, 5.74) is 13.7. The summed E-state index contributed by atoms with van der Waals surface area (Å²) >= 11 is 0. The first-order valence-corrected chi connectivity index (χ1v) is 6.38. The number of aromatic nitrogens is 1. The summed E-state index contributed by atoms with van der Waals surface area (Å²) in [6.45, 7) is 0. The fourth-order valence-electron chi connectivity index (χ4n) is 2.58. The van der Waals surface area contributed by atoms with Gasteiger partial charge in [-0.15, -0.1) is 0 Å². The van der Waals surface area contributed by atoms with Crippen molar-refractivity contribution in [2.45, 2.75) is 44.2 Å². The van der Waals surface area contributed by atoms with Crippen molar-refractivity contribution < 1.29 is 9.53 Å². The van der Waals surface area contributed by atoms with Crippen LogP contribution in [0.2, 0.25) is 0 Å². The van der Waals surface area contributed by atoms with E-state index in [0.29, 0.717) is 11.4 Å². The van der Waals surface area contributed by atoms with Crippen LogP contribution in [0.1, 0.15) is 40.9 Å². The Hall–Kier alpha value is -1.62. The van der Waals surface area contributed by atoms with Crippen LogP contribution in [0.15, 0.2) is 6.07 Å². The zero-order valence-corrected chi connectivity index (χ0v) is 10.2. The van der Waals surface area contributed by atoms with Crippen LogP contribution >= 0.6 is 0 Å². The number of carbonyl (C=O) groups excluding carboxylic acids is 1. The summed E-state index contributed by atoms with van der Waals surface area (Å²) in [6.07, 6.45) is 4.71. The molecule has 0 saturated heterocycles. The van der Waals surface area contributed by atoms with Gasteiger partial charge in [-0.1, -0.05) is 0 Å². The molecule has 4 N–H and O–H groups in total. The highest BCUT2D eigenvalue weighted by molar-refractivity contribution is 5.95. The Kier molecular flexibility index (Phi) is 2.70. The summed E-state index contributed by atoms with van der Waals surface area (Å²) in [7, 11) is 0. The van der Waals surface area contributed by atoms with Crippen molar-refractivity contribution in [1.82, 2.24) is 4.98 Å². The van der Waals surface area contributed by atoms with Crippen molar-refractivity contribution >= 4 is 5.91 Å². The second kappa shape index (κ2) is 4.24. The molecule has 1 amide bonds. The lowest BCUT2D eigenvalue weighted by Crippen LogP contribution is -2.43. The van der Waals surface area contributed by atoms with E-state index in [1.165, 1.54) is 0 Å². The van der Waals surface area contributed by atoms with Gasteiger partial charge in [-0.05, 0) is 43.7 Å². The number of ether oxygens (including phenoxy) is 1. The van der Waals surface area contributed by atoms with E-state index < -0.39 is 5.91 Å². The zero-order valence-electron chi connectivity index (χ0n) is 10.2. The van der Waals surface area contributed by atoms with Gasteiger partial charge in [0.25, 0.3) is 5.91 Å². The van der Waals surface area contributed by atoms with Gasteiger partial charge >= 0.3 is 0 Å². The van der Waals surface area contributed by atoms with E-state index in [-0.39, 0.29) is 12.1 Å². The third-order valence-corrected chi connectivity index (χ3v) is 3.69. The summed E-state index contributed by atoms with van der Waals surface area (Å²) < 4.78 is 5.75. The minimum Gasteiger partial charge on any atom is -0.474 e. The van der Waals surface area contributed by atoms with E-state index in [0.717, 1.165) is 43.4 Å². The molecular formula is C13H17N3O2. The second-order valence-electron chi connectivity index (χ2n) is 5.14. The SMILES string of the molecule is NC(=O)c1cc2c(nc1OC1CC(N)C1)CCC2. The highest BCUT2D eigenvalue weighted by atomic mass is 16.5. The van der Waals surface area contributed by atoms with Crippen molar-refractivity contribution in [3.8, 4) is 5.88 Å². The molecule has 1 aromatic heterocycles. The first-order valence-electron chi connectivity index (χ1n) is 6.38. The molecule has 1 saturated carbocycles. The number of primary amides is 1. The predicted molar refractivity (Wildman–Crippen MR) is 66.4 cm³/mol. The molecule has 0 spiro atoms. The zero-order chi connectivity index (χ0) is 12.7. The van der Waals surface area contributed by atoms with Crippen LogP contribution in [0, 0.1) is 0 Å². The van der Waals surface area contributed by atoms with E-state index in [9.17, 15) is 4.79 Å². The van der Waals surface area contributed by atoms with Gasteiger partial charge < -0.3 is 16.2 Å². The van der Waals surface area contributed by atoms with Crippen molar-refractivity contribution in [2.24, 2.45) is 11.5 Å². The fourth-order valence-corrected chi connectivity index (χ4v) is 2.58. The van der Waals surface area contributed by atoms with Crippen LogP contribution in [0.3, 0.4) is 0 Å². The quantitative estimate of drug-likeness (QED) is 0.815. The number of hydrogen-bond acceptors (Lipinski definition) is 4. The molecule has 0 radical (unpaired) electrons. The van der Waals surface area contributed by atoms with Gasteiger partial charge in [-0.2, -0.15) is 0 Å². The highest BCUT2D eigenvalue weighted by Gasteiger charge is 2.30. The predicted octanol–water partition coefficient (Wildman–Crippen LogP) is 0.538. The normalized spacial score (nSPS) is 25.4. The molecule has 3 rings (SSSR count). The Labute approximate surface area is 106 Å². The molecule has 18 heavy (non-hydrogen) atoms. The summed E-state index contributed by atoms with van der Waals surface area (Å²) in [4.78, 5) is 15.9. The number of nitrogens with zero attached hydrogens (tertiary/aromatic N) is 1. The number of nitrogens with two attached hydrogens (primary N) is 2. The number of aryl methyl sites for hydroxylation is 2. The molecule has 0 aliphatic heterocycles. The maximum atomic E-state index is 11.5. The van der Waals surface area contributed by atoms with E-state index in [1.54, 1.807) is 0 Å². The lowest BCUT2D eigenvalue weighted by atomic mass is 9.90. The second-order valence-corrected chi connectivity index (χ2v) is 5.14. The first kappa shape index (κ1) is 11.5. The van der Waals surface area contributed by atoms with Crippen LogP contribution in [0.25, 0.3) is 0 Å². The lowest BCUT2D eigenvalue weighted by molar-refractivity contribution is 0.0894. The smallest absolute Gasteiger partial charge is 0.254 e. The average Bonchev–Trinajstić information content (AvgIpc) is 2.72. The van der Waals surface area contributed by atoms with Crippen LogP contribution in [0.5, 0.6) is 5.88 Å². The number of carbonyl (C=O) groups is 1. The molecular weight excluding hydrogens is 230 g/mol. The third kappa shape index (κ3) is 1.95. The van der Waals surface area contributed by atoms with Crippen molar-refractivity contribution in [3.63, 3.8) is 0 Å². The number of fused-ring (bicyclic) bond motifs is 1. The lowest BCUT2D eigenvalue weighted by Gasteiger charge is -2.32. The minimum atomic E-state index is -0.476. The molecule has 1 aromatic rings. The molecule has 2 aliphatic carbocycles. The molecule has 5 nitrogen and oxygen atoms in total. The number of pyridine rings is 1. The Morgan fingerprint density at radius 1 is 1.39 bits per heavy atom. The number of amides is 1. The monoisotopic (exact) mass is 247 g/mol. The topological polar surface area (TPSA) is 91.2 Å². The third-order valence-electron chi connectivity index (χ3n) is 3.69. The van der Waals surface area contributed by atoms with Gasteiger partial charge in [-0.3, -0.25) is 4.79 Å². The maximum absolute atomic E-state index is 11.5. The Bertz CT molecular complexity index is 495. The Balaban J connectivity index is 1.89. The Morgan fingerprint density at radius 3 is 2.83 bits per heavy atom. The Morgan fingerprint density at radius 2 is 2.17 bits per heavy atom. The summed E-state index contributed by atoms with van der Waals surface area (Å²) in [5, 5.41) is 0. The van der Waals surface area contributed by atoms with Gasteiger partial charge in [-0.25, -0.2) is 4.98 Å². The van der Waals surface area contributed by atoms with Gasteiger partial charge in [0.2, 0.25) is 5.88 Å². The molecule has 0 aromatic carbocycles. The molecule has 2 aliphatic rings. The molecule has 96 valence electrons. The van der Waals surface area contributed by atoms with E-state index in [4.69, 9.17) is 16.2 Å². The highest BCUT2D eigenvalue weighted by Crippen LogP contribution is 2.30. The van der Waals surface area contributed by atoms with Gasteiger partial charge in [0, 0.05) is 11.7 Å². The number of hydrogen-bond donors (Lipinski definition) is 2. The molecule has 5 heteroatoms. The van der Waals surface area contributed by atoms with Crippen LogP contribution < -0.4 is 16.2 Å². The van der Waals surface area contributed by atoms with Gasteiger partial charge in [0.1, 0.15) is 11.7 Å². The minimum absolute atomic E-state index is 0.0741. The fraction of sp³-hybridized carbons (Fsp3) is 0.538. The number of rotatable bonds is 3. The molecule has 0 unspecified atom stereocenters. The van der Waals surface area contributed by atoms with Crippen molar-refractivity contribution in [2.75, 3.05) is 0 Å². The van der Waals surface area contributed by atoms with E-state index in [1.807, 2.05) is 6.07 Å². The van der Waals surface area contributed by atoms with Crippen LogP contribution in [-0.4, -0.2) is 23.0 Å². The van der Waals surface area contributed by atoms with Crippen LogP contribution in [0.4, 0.5) is 0 Å². The summed E-state index contributed by atoms with van der Waals surface area (Å²) in [6, 6.07) is 2.05. The standard InChI is InChI=1S/C13H17N3O2/c14-8-5-9(6-8)18-13-10(12(15)17)4-7-2-1-3-11(7)16-13/h4,8-9H,1-3,5-6,14H2,(H2,15,17). The van der Waals surface area contributed by atoms with Gasteiger partial charge in [0.15, 0.2) is 0 Å². The summed E-state index contributed by atoms with van der Waals surface area (Å²) in [5.74, 6) is -0.0872. The molecule has 0 atom stereocenters. The van der Waals surface area contributed by atoms with Gasteiger partial charge in [0.05, 0.1) is 0 Å². The molecule has 0 bridgehead atoms. The largest absolute Gasteiger partial charge is 0.474 e. The van der Waals surface area contributed by atoms with Crippen molar-refractivity contribution in [1.29, 1.82) is 0 Å². The molecule has 1 heterocycles. The maximum Gasteiger partial charge on any atom is 0.254 e. The van der Waals surface area contributed by atoms with E-state index >= 15 is 0 Å². The average molecular weight is 247 g/mol. The molecule has 1 fully saturated rings. The van der Waals surface area contributed by atoms with Crippen molar-refractivity contribution in [3.05, 3.63) is 22.9 Å².